The van der Waals surface area contributed by atoms with E-state index in [0.717, 1.165) is 28.9 Å². The Kier molecular flexibility index (Phi) is 18.7. The highest BCUT2D eigenvalue weighted by atomic mass is 32.2. The number of fused-ring (bicyclic) bond motifs is 2. The number of carbonyl (C=O) groups is 1. The van der Waals surface area contributed by atoms with Gasteiger partial charge in [-0.05, 0) is 69.5 Å². The third-order valence-electron chi connectivity index (χ3n) is 12.8. The number of amides is 1. The fraction of sp³-hybridized carbons (Fsp3) is 0.422. The molecule has 27 nitrogen and oxygen atoms in total. The van der Waals surface area contributed by atoms with E-state index in [1.807, 2.05) is 79.5 Å². The molecule has 2 unspecified atom stereocenters. The van der Waals surface area contributed by atoms with Gasteiger partial charge in [-0.15, -0.1) is 0 Å². The summed E-state index contributed by atoms with van der Waals surface area (Å²) in [5.41, 5.74) is 1.16. The van der Waals surface area contributed by atoms with Crippen LogP contribution >= 0.6 is 23.5 Å². The molecular formula is C45H58N5O22P3S2. The topological polar surface area (TPSA) is 411 Å². The van der Waals surface area contributed by atoms with Crippen molar-refractivity contribution < 1.29 is 96.7 Å². The Balaban J connectivity index is 1.05. The summed E-state index contributed by atoms with van der Waals surface area (Å²) < 4.78 is 124. The van der Waals surface area contributed by atoms with E-state index in [0.29, 0.717) is 48.2 Å². The molecule has 0 spiro atoms. The van der Waals surface area contributed by atoms with Crippen LogP contribution in [0.4, 0.5) is 11.4 Å². The largest absolute Gasteiger partial charge is 0.744 e. The van der Waals surface area contributed by atoms with Gasteiger partial charge in [0.15, 0.2) is 11.9 Å². The SMILES string of the molecule is CC[N+]1=C(/C=C/C=C/C=C2/N(CCCCCC(=O)NC/C=C/c3cn([C@@H]4O[C@H](COP(=O)(O)OP(=O)(O)OP(=O)(O)O)[C@@H](O)[C@H]4O)c(=O)[nH]c3=O)c3cc(S(=O)(=O)O)ccc3C2(C)C)C(C)(C)c2cc(S(=O)(=O)[O-])ccc21. The Labute approximate surface area is 441 Å². The second kappa shape index (κ2) is 23.5. The van der Waals surface area contributed by atoms with Gasteiger partial charge in [-0.25, -0.2) is 26.9 Å². The molecule has 32 heteroatoms. The van der Waals surface area contributed by atoms with Crippen molar-refractivity contribution in [2.75, 3.05) is 31.1 Å². The number of rotatable bonds is 23. The van der Waals surface area contributed by atoms with Gasteiger partial charge in [-0.3, -0.25) is 28.2 Å². The van der Waals surface area contributed by atoms with Crippen molar-refractivity contribution in [1.29, 1.82) is 0 Å². The molecule has 1 aromatic heterocycles. The van der Waals surface area contributed by atoms with Crippen LogP contribution in [0.15, 0.2) is 104 Å². The van der Waals surface area contributed by atoms with Crippen LogP contribution in [0.1, 0.15) is 83.2 Å². The molecule has 1 saturated heterocycles. The normalized spacial score (nSPS) is 22.6. The Morgan fingerprint density at radius 2 is 1.57 bits per heavy atom. The summed E-state index contributed by atoms with van der Waals surface area (Å²) in [6.07, 6.45) is 7.21. The molecule has 0 bridgehead atoms. The van der Waals surface area contributed by atoms with Crippen LogP contribution in [0.2, 0.25) is 0 Å². The quantitative estimate of drug-likeness (QED) is 0.0216. The maximum absolute atomic E-state index is 12.8. The van der Waals surface area contributed by atoms with Gasteiger partial charge in [-0.2, -0.15) is 21.6 Å². The first-order valence-electron chi connectivity index (χ1n) is 23.4. The smallest absolute Gasteiger partial charge is 0.490 e. The van der Waals surface area contributed by atoms with Crippen LogP contribution in [-0.4, -0.2) is 126 Å². The predicted octanol–water partition coefficient (Wildman–Crippen LogP) is 3.23. The van der Waals surface area contributed by atoms with E-state index in [4.69, 9.17) is 14.5 Å². The number of allylic oxidation sites excluding steroid dienone is 6. The Morgan fingerprint density at radius 1 is 0.883 bits per heavy atom. The minimum atomic E-state index is -5.87. The molecule has 0 radical (unpaired) electrons. The predicted molar refractivity (Wildman–Crippen MR) is 273 cm³/mol. The summed E-state index contributed by atoms with van der Waals surface area (Å²) in [5.74, 6) is -0.346. The molecular weight excluding hydrogens is 1120 g/mol. The number of aliphatic hydroxyl groups excluding tert-OH is 2. The summed E-state index contributed by atoms with van der Waals surface area (Å²) in [4.78, 5) is 78.0. The third kappa shape index (κ3) is 14.7. The van der Waals surface area contributed by atoms with Crippen molar-refractivity contribution in [3.8, 4) is 0 Å². The van der Waals surface area contributed by atoms with E-state index in [1.165, 1.54) is 36.4 Å². The van der Waals surface area contributed by atoms with Gasteiger partial charge in [0.25, 0.3) is 15.7 Å². The highest BCUT2D eigenvalue weighted by Crippen LogP contribution is 2.66. The monoisotopic (exact) mass is 1180 g/mol. The molecule has 0 saturated carbocycles. The summed E-state index contributed by atoms with van der Waals surface area (Å²) in [6, 6.07) is 8.79. The molecule has 4 heterocycles. The molecule has 0 aliphatic carbocycles. The lowest BCUT2D eigenvalue weighted by molar-refractivity contribution is -0.433. The molecule has 422 valence electrons. The lowest BCUT2D eigenvalue weighted by atomic mass is 9.81. The number of aliphatic hydroxyl groups is 2. The number of anilines is 1. The van der Waals surface area contributed by atoms with E-state index in [1.54, 1.807) is 12.1 Å². The Hall–Kier alpha value is -4.87. The van der Waals surface area contributed by atoms with Crippen LogP contribution in [0, 0.1) is 0 Å². The summed E-state index contributed by atoms with van der Waals surface area (Å²) >= 11 is 0. The molecule has 3 aromatic rings. The number of nitrogens with one attached hydrogen (secondary N) is 2. The number of aromatic amines is 1. The van der Waals surface area contributed by atoms with Gasteiger partial charge in [0.05, 0.1) is 27.4 Å². The number of unbranched alkanes of at least 4 members (excludes halogenated alkanes) is 2. The van der Waals surface area contributed by atoms with Crippen molar-refractivity contribution in [3.63, 3.8) is 0 Å². The van der Waals surface area contributed by atoms with Crippen LogP contribution in [-0.2, 0) is 67.4 Å². The van der Waals surface area contributed by atoms with E-state index in [2.05, 4.69) is 18.5 Å². The van der Waals surface area contributed by atoms with Crippen molar-refractivity contribution in [2.24, 2.45) is 0 Å². The van der Waals surface area contributed by atoms with Crippen molar-refractivity contribution in [2.45, 2.75) is 105 Å². The first-order valence-corrected chi connectivity index (χ1v) is 30.7. The van der Waals surface area contributed by atoms with Crippen molar-refractivity contribution in [3.05, 3.63) is 122 Å². The lowest BCUT2D eigenvalue weighted by Crippen LogP contribution is -2.38. The van der Waals surface area contributed by atoms with E-state index in [9.17, 15) is 74.0 Å². The molecule has 2 aromatic carbocycles. The number of hydrogen-bond acceptors (Lipinski definition) is 18. The molecule has 1 fully saturated rings. The first kappa shape index (κ1) is 61.3. The molecule has 77 heavy (non-hydrogen) atoms. The van der Waals surface area contributed by atoms with E-state index >= 15 is 0 Å². The number of aromatic nitrogens is 2. The maximum atomic E-state index is 12.8. The molecule has 3 aliphatic heterocycles. The third-order valence-corrected chi connectivity index (χ3v) is 18.3. The standard InChI is InChI=1S/C45H58N5O22P3S2/c1-6-48-33-21-19-29(76(63,64)65)24-32(33)45(4,5)36(48)15-9-7-10-16-37-44(2,3)31-20-18-30(77(66,67)68)25-34(31)49(37)23-12-8-11-17-38(51)46-22-13-14-28-26-50(43(55)47-41(28)54)42-40(53)39(52)35(70-42)27-69-74(59,60)72-75(61,62)71-73(56,57)58/h7,9-10,13-16,18-21,24-26,35,39-40,42,52-53H,6,8,11-12,17,22-23,27H2,1-5H3,(H7-,46,47,51,54,55,56,57,58,59,60,61,62,63,64,65,66,67,68)/b14-13+/t35-,39-,40-,42-/m1/s1. The van der Waals surface area contributed by atoms with Crippen molar-refractivity contribution >= 4 is 72.8 Å². The number of hydrogen-bond donors (Lipinski definition) is 9. The second-order valence-electron chi connectivity index (χ2n) is 18.8. The number of H-pyrrole nitrogens is 1. The highest BCUT2D eigenvalue weighted by Gasteiger charge is 2.48. The Bertz CT molecular complexity index is 3450. The zero-order chi connectivity index (χ0) is 57.3. The van der Waals surface area contributed by atoms with E-state index < -0.39 is 96.9 Å². The second-order valence-corrected chi connectivity index (χ2v) is 26.0. The molecule has 1 amide bonds. The fourth-order valence-electron chi connectivity index (χ4n) is 9.13. The average Bonchev–Trinajstić information content (AvgIpc) is 3.81. The van der Waals surface area contributed by atoms with Gasteiger partial charge in [-0.1, -0.05) is 56.7 Å². The average molecular weight is 1180 g/mol. The zero-order valence-corrected chi connectivity index (χ0v) is 46.1. The van der Waals surface area contributed by atoms with Gasteiger partial charge in [0.1, 0.15) is 35.0 Å². The van der Waals surface area contributed by atoms with Gasteiger partial charge in [0, 0.05) is 60.2 Å². The number of nitrogens with zero attached hydrogens (tertiary/aromatic N) is 3. The number of ether oxygens (including phenoxy) is 1. The minimum Gasteiger partial charge on any atom is -0.744 e. The lowest BCUT2D eigenvalue weighted by Gasteiger charge is -2.27. The molecule has 3 aliphatic rings. The summed E-state index contributed by atoms with van der Waals surface area (Å²) in [5, 5.41) is 23.8. The van der Waals surface area contributed by atoms with Crippen LogP contribution in [0.5, 0.6) is 0 Å². The zero-order valence-electron chi connectivity index (χ0n) is 41.8. The summed E-state index contributed by atoms with van der Waals surface area (Å²) in [7, 11) is -26.4. The fourth-order valence-corrected chi connectivity index (χ4v) is 13.2. The number of phosphoric ester groups is 1. The number of phosphoric acid groups is 3. The van der Waals surface area contributed by atoms with E-state index in [-0.39, 0.29) is 34.2 Å². The summed E-state index contributed by atoms with van der Waals surface area (Å²) in [6.45, 7) is 9.57. The first-order chi connectivity index (χ1) is 35.6. The minimum absolute atomic E-state index is 0.0780. The number of benzene rings is 2. The van der Waals surface area contributed by atoms with Crippen LogP contribution in [0.25, 0.3) is 6.08 Å². The van der Waals surface area contributed by atoms with Crippen molar-refractivity contribution in [1.82, 2.24) is 14.9 Å². The highest BCUT2D eigenvalue weighted by molar-refractivity contribution is 7.86. The van der Waals surface area contributed by atoms with Crippen LogP contribution < -0.4 is 21.5 Å². The molecule has 9 N–H and O–H groups in total. The Morgan fingerprint density at radius 3 is 2.22 bits per heavy atom. The maximum Gasteiger partial charge on any atom is 0.490 e. The molecule has 6 rings (SSSR count). The van der Waals surface area contributed by atoms with Gasteiger partial charge in [0.2, 0.25) is 11.6 Å². The van der Waals surface area contributed by atoms with Gasteiger partial charge < -0.3 is 49.3 Å². The molecule has 6 atom stereocenters. The number of carbonyl (C=O) groups excluding carboxylic acids is 1. The van der Waals surface area contributed by atoms with Crippen LogP contribution in [0.3, 0.4) is 0 Å². The van der Waals surface area contributed by atoms with Gasteiger partial charge >= 0.3 is 29.2 Å².